The summed E-state index contributed by atoms with van der Waals surface area (Å²) in [7, 11) is 1.80. The van der Waals surface area contributed by atoms with Gasteiger partial charge in [0.25, 0.3) is 0 Å². The Bertz CT molecular complexity index is 787. The first-order valence-corrected chi connectivity index (χ1v) is 7.81. The van der Waals surface area contributed by atoms with Crippen molar-refractivity contribution in [1.29, 1.82) is 0 Å². The normalized spacial score (nSPS) is 21.4. The molecular formula is C14H16N6O2S. The highest BCUT2D eigenvalue weighted by Gasteiger charge is 2.24. The fourth-order valence-electron chi connectivity index (χ4n) is 2.33. The maximum Gasteiger partial charge on any atom is 0.313 e. The molecule has 2 aliphatic rings. The topological polar surface area (TPSA) is 101 Å². The van der Waals surface area contributed by atoms with E-state index in [4.69, 9.17) is 0 Å². The van der Waals surface area contributed by atoms with Gasteiger partial charge in [-0.25, -0.2) is 8.73 Å². The molecule has 120 valence electrons. The highest BCUT2D eigenvalue weighted by molar-refractivity contribution is 7.57. The van der Waals surface area contributed by atoms with Gasteiger partial charge in [0.05, 0.1) is 17.0 Å². The summed E-state index contributed by atoms with van der Waals surface area (Å²) in [5.41, 5.74) is 2.25. The minimum atomic E-state index is -0.705. The number of carbonyl (C=O) groups is 2. The standard InChI is InChI=1S/C14H16N6O2S/c1-8-9(7-20(2)17-8)6-15-13(21)14(22)16-10-3-4-11-12(5-10)19-23-18-11/h3-5,7,11-12H,6H2,1-2H3,(H,15,21)(H,16,22). The molecule has 0 aromatic carbocycles. The summed E-state index contributed by atoms with van der Waals surface area (Å²) in [5.74, 6) is -1.39. The maximum absolute atomic E-state index is 11.9. The van der Waals surface area contributed by atoms with E-state index in [1.54, 1.807) is 23.9 Å². The molecule has 1 aromatic heterocycles. The van der Waals surface area contributed by atoms with Crippen molar-refractivity contribution in [2.45, 2.75) is 25.6 Å². The summed E-state index contributed by atoms with van der Waals surface area (Å²) in [6, 6.07) is -0.0653. The molecule has 0 radical (unpaired) electrons. The Morgan fingerprint density at radius 1 is 1.30 bits per heavy atom. The third kappa shape index (κ3) is 3.45. The zero-order chi connectivity index (χ0) is 16.4. The van der Waals surface area contributed by atoms with E-state index in [9.17, 15) is 9.59 Å². The van der Waals surface area contributed by atoms with Gasteiger partial charge in [-0.1, -0.05) is 6.08 Å². The number of fused-ring (bicyclic) bond motifs is 1. The van der Waals surface area contributed by atoms with E-state index < -0.39 is 11.8 Å². The van der Waals surface area contributed by atoms with Gasteiger partial charge in [-0.05, 0) is 19.1 Å². The molecule has 2 atom stereocenters. The fraction of sp³-hybridized carbons (Fsp3) is 0.357. The molecule has 0 bridgehead atoms. The number of hydrogen-bond donors (Lipinski definition) is 2. The Balaban J connectivity index is 1.54. The maximum atomic E-state index is 11.9. The number of aromatic nitrogens is 2. The largest absolute Gasteiger partial charge is 0.344 e. The predicted molar refractivity (Wildman–Crippen MR) is 85.0 cm³/mol. The predicted octanol–water partition coefficient (Wildman–Crippen LogP) is 0.115. The van der Waals surface area contributed by atoms with Crippen molar-refractivity contribution in [2.75, 3.05) is 0 Å². The van der Waals surface area contributed by atoms with E-state index >= 15 is 0 Å². The second-order valence-corrected chi connectivity index (χ2v) is 5.89. The molecule has 2 heterocycles. The molecule has 1 aromatic rings. The van der Waals surface area contributed by atoms with Crippen molar-refractivity contribution in [3.63, 3.8) is 0 Å². The Kier molecular flexibility index (Phi) is 4.20. The van der Waals surface area contributed by atoms with Crippen molar-refractivity contribution < 1.29 is 9.59 Å². The van der Waals surface area contributed by atoms with Gasteiger partial charge in [-0.15, -0.1) is 0 Å². The van der Waals surface area contributed by atoms with Crippen LogP contribution in [0.2, 0.25) is 0 Å². The van der Waals surface area contributed by atoms with Gasteiger partial charge >= 0.3 is 11.8 Å². The summed E-state index contributed by atoms with van der Waals surface area (Å²) < 4.78 is 10.1. The second kappa shape index (κ2) is 6.29. The van der Waals surface area contributed by atoms with Crippen LogP contribution in [0.4, 0.5) is 0 Å². The first kappa shape index (κ1) is 15.3. The lowest BCUT2D eigenvalue weighted by atomic mass is 10.0. The van der Waals surface area contributed by atoms with Gasteiger partial charge < -0.3 is 10.6 Å². The summed E-state index contributed by atoms with van der Waals surface area (Å²) in [6.45, 7) is 2.11. The average Bonchev–Trinajstić information content (AvgIpc) is 3.10. The number of hydrogen-bond acceptors (Lipinski definition) is 5. The number of amides is 2. The van der Waals surface area contributed by atoms with E-state index in [0.29, 0.717) is 5.70 Å². The zero-order valence-electron chi connectivity index (χ0n) is 12.7. The van der Waals surface area contributed by atoms with Crippen LogP contribution in [0.25, 0.3) is 0 Å². The smallest absolute Gasteiger partial charge is 0.313 e. The molecule has 0 fully saturated rings. The van der Waals surface area contributed by atoms with Gasteiger partial charge in [-0.2, -0.15) is 5.10 Å². The molecule has 1 aliphatic carbocycles. The van der Waals surface area contributed by atoms with Crippen LogP contribution in [0, 0.1) is 6.92 Å². The first-order chi connectivity index (χ1) is 11.0. The summed E-state index contributed by atoms with van der Waals surface area (Å²) in [6.07, 6.45) is 7.20. The van der Waals surface area contributed by atoms with Crippen LogP contribution in [0.15, 0.2) is 38.8 Å². The fourth-order valence-corrected chi connectivity index (χ4v) is 2.98. The van der Waals surface area contributed by atoms with Gasteiger partial charge in [0, 0.05) is 31.0 Å². The van der Waals surface area contributed by atoms with Crippen LogP contribution >= 0.6 is 0 Å². The number of nitrogens with one attached hydrogen (secondary N) is 2. The molecule has 0 saturated carbocycles. The minimum Gasteiger partial charge on any atom is -0.344 e. The third-order valence-electron chi connectivity index (χ3n) is 3.53. The number of rotatable bonds is 3. The third-order valence-corrected chi connectivity index (χ3v) is 4.20. The highest BCUT2D eigenvalue weighted by atomic mass is 32.1. The number of nitrogens with zero attached hydrogens (tertiary/aromatic N) is 4. The molecule has 3 rings (SSSR count). The molecule has 8 nitrogen and oxygen atoms in total. The van der Waals surface area contributed by atoms with Crippen molar-refractivity contribution >= 4 is 23.2 Å². The van der Waals surface area contributed by atoms with Gasteiger partial charge in [0.1, 0.15) is 12.1 Å². The molecular weight excluding hydrogens is 316 g/mol. The lowest BCUT2D eigenvalue weighted by Gasteiger charge is -2.15. The van der Waals surface area contributed by atoms with Crippen molar-refractivity contribution in [2.24, 2.45) is 15.8 Å². The lowest BCUT2D eigenvalue weighted by Crippen LogP contribution is -2.39. The van der Waals surface area contributed by atoms with E-state index in [1.807, 2.05) is 19.2 Å². The molecule has 23 heavy (non-hydrogen) atoms. The Labute approximate surface area is 136 Å². The number of carbonyl (C=O) groups excluding carboxylic acids is 2. The van der Waals surface area contributed by atoms with Gasteiger partial charge in [0.15, 0.2) is 0 Å². The SMILES string of the molecule is Cc1nn(C)cc1CNC(=O)C(=O)NC1=CC2N=S=NC2C=C1. The highest BCUT2D eigenvalue weighted by Crippen LogP contribution is 2.18. The van der Waals surface area contributed by atoms with E-state index in [-0.39, 0.29) is 18.6 Å². The minimum absolute atomic E-state index is 0.0167. The molecule has 2 N–H and O–H groups in total. The van der Waals surface area contributed by atoms with E-state index in [0.717, 1.165) is 11.3 Å². The Hall–Kier alpha value is -2.55. The van der Waals surface area contributed by atoms with Crippen LogP contribution in [0.1, 0.15) is 11.3 Å². The van der Waals surface area contributed by atoms with Crippen molar-refractivity contribution in [3.05, 3.63) is 41.4 Å². The molecule has 9 heteroatoms. The first-order valence-electron chi connectivity index (χ1n) is 7.08. The van der Waals surface area contributed by atoms with Crippen molar-refractivity contribution in [3.8, 4) is 0 Å². The average molecular weight is 332 g/mol. The number of allylic oxidation sites excluding steroid dienone is 1. The lowest BCUT2D eigenvalue weighted by molar-refractivity contribution is -0.138. The van der Waals surface area contributed by atoms with Crippen LogP contribution in [-0.4, -0.2) is 33.7 Å². The molecule has 0 spiro atoms. The Morgan fingerprint density at radius 2 is 2.09 bits per heavy atom. The van der Waals surface area contributed by atoms with Crippen LogP contribution in [0.3, 0.4) is 0 Å². The van der Waals surface area contributed by atoms with E-state index in [2.05, 4.69) is 24.5 Å². The number of aryl methyl sites for hydroxylation is 2. The van der Waals surface area contributed by atoms with Crippen LogP contribution < -0.4 is 10.6 Å². The summed E-state index contributed by atoms with van der Waals surface area (Å²) in [4.78, 5) is 23.8. The Morgan fingerprint density at radius 3 is 2.83 bits per heavy atom. The van der Waals surface area contributed by atoms with Crippen LogP contribution in [-0.2, 0) is 34.5 Å². The summed E-state index contributed by atoms with van der Waals surface area (Å²) >= 11 is 1.17. The molecule has 0 saturated heterocycles. The zero-order valence-corrected chi connectivity index (χ0v) is 13.5. The van der Waals surface area contributed by atoms with Crippen LogP contribution in [0.5, 0.6) is 0 Å². The molecule has 2 unspecified atom stereocenters. The second-order valence-electron chi connectivity index (χ2n) is 5.30. The monoisotopic (exact) mass is 332 g/mol. The summed E-state index contributed by atoms with van der Waals surface area (Å²) in [5, 5.41) is 9.35. The molecule has 2 amide bonds. The van der Waals surface area contributed by atoms with Gasteiger partial charge in [0.2, 0.25) is 0 Å². The molecule has 1 aliphatic heterocycles. The quantitative estimate of drug-likeness (QED) is 0.769. The van der Waals surface area contributed by atoms with Gasteiger partial charge in [-0.3, -0.25) is 14.3 Å². The van der Waals surface area contributed by atoms with Crippen molar-refractivity contribution in [1.82, 2.24) is 20.4 Å². The van der Waals surface area contributed by atoms with E-state index in [1.165, 1.54) is 11.4 Å².